The lowest BCUT2D eigenvalue weighted by Crippen LogP contribution is -2.43. The number of allylic oxidation sites excluding steroid dienone is 1. The first-order chi connectivity index (χ1) is 14.0. The summed E-state index contributed by atoms with van der Waals surface area (Å²) in [6.07, 6.45) is 9.34. The molecule has 29 heavy (non-hydrogen) atoms. The summed E-state index contributed by atoms with van der Waals surface area (Å²) in [5.41, 5.74) is 1.80. The second kappa shape index (κ2) is 7.57. The second-order valence-electron chi connectivity index (χ2n) is 6.88. The van der Waals surface area contributed by atoms with Crippen LogP contribution in [0.4, 0.5) is 8.78 Å². The van der Waals surface area contributed by atoms with Gasteiger partial charge in [0.2, 0.25) is 5.91 Å². The molecule has 152 valence electrons. The third-order valence-corrected chi connectivity index (χ3v) is 4.78. The van der Waals surface area contributed by atoms with Crippen LogP contribution in [0.25, 0.3) is 5.57 Å². The number of alkyl halides is 2. The largest absolute Gasteiger partial charge is 0.422 e. The average molecular weight is 403 g/mol. The van der Waals surface area contributed by atoms with Crippen LogP contribution in [-0.4, -0.2) is 37.5 Å². The van der Waals surface area contributed by atoms with E-state index in [1.807, 2.05) is 10.8 Å². The molecule has 1 unspecified atom stereocenters. The molecule has 4 rings (SSSR count). The Hall–Kier alpha value is -3.37. The first kappa shape index (κ1) is 19.0. The maximum atomic E-state index is 12.7. The molecular weight excluding hydrogens is 384 g/mol. The summed E-state index contributed by atoms with van der Waals surface area (Å²) in [5, 5.41) is 13.4. The SMILES string of the molecule is C/C(=C1/N=C(Oc2cnn(C(F)F)c2)NC(=O)C1CC=N)c1cn(C2CC2)cn1. The lowest BCUT2D eigenvalue weighted by molar-refractivity contribution is -0.122. The van der Waals surface area contributed by atoms with Crippen LogP contribution in [0.15, 0.2) is 35.6 Å². The molecule has 1 saturated carbocycles. The third kappa shape index (κ3) is 3.93. The molecule has 0 radical (unpaired) electrons. The lowest BCUT2D eigenvalue weighted by Gasteiger charge is -2.23. The monoisotopic (exact) mass is 403 g/mol. The van der Waals surface area contributed by atoms with Crippen LogP contribution in [-0.2, 0) is 4.79 Å². The molecule has 1 amide bonds. The first-order valence-electron chi connectivity index (χ1n) is 9.09. The zero-order chi connectivity index (χ0) is 20.5. The van der Waals surface area contributed by atoms with E-state index in [0.29, 0.717) is 27.7 Å². The van der Waals surface area contributed by atoms with E-state index in [9.17, 15) is 13.6 Å². The number of hydrogen-bond donors (Lipinski definition) is 2. The van der Waals surface area contributed by atoms with Crippen LogP contribution >= 0.6 is 0 Å². The van der Waals surface area contributed by atoms with Crippen LogP contribution in [0.5, 0.6) is 5.75 Å². The van der Waals surface area contributed by atoms with Gasteiger partial charge < -0.3 is 14.7 Å². The third-order valence-electron chi connectivity index (χ3n) is 4.78. The Morgan fingerprint density at radius 3 is 2.90 bits per heavy atom. The summed E-state index contributed by atoms with van der Waals surface area (Å²) >= 11 is 0. The minimum atomic E-state index is -2.80. The van der Waals surface area contributed by atoms with Crippen LogP contribution in [0.2, 0.25) is 0 Å². The van der Waals surface area contributed by atoms with Crippen LogP contribution < -0.4 is 10.1 Å². The smallest absolute Gasteiger partial charge is 0.333 e. The van der Waals surface area contributed by atoms with Gasteiger partial charge in [-0.2, -0.15) is 13.9 Å². The number of amides is 1. The van der Waals surface area contributed by atoms with Crippen molar-refractivity contribution in [3.63, 3.8) is 0 Å². The molecule has 2 N–H and O–H groups in total. The Kier molecular flexibility index (Phi) is 4.95. The van der Waals surface area contributed by atoms with Gasteiger partial charge in [0.1, 0.15) is 0 Å². The number of amidine groups is 1. The molecule has 9 nitrogen and oxygen atoms in total. The van der Waals surface area contributed by atoms with E-state index < -0.39 is 18.4 Å². The molecule has 1 fully saturated rings. The molecule has 2 aliphatic rings. The highest BCUT2D eigenvalue weighted by molar-refractivity contribution is 6.02. The van der Waals surface area contributed by atoms with Gasteiger partial charge in [0, 0.05) is 12.2 Å². The average Bonchev–Trinajstić information content (AvgIpc) is 3.23. The number of nitrogens with one attached hydrogen (secondary N) is 2. The van der Waals surface area contributed by atoms with Gasteiger partial charge >= 0.3 is 12.6 Å². The number of carbonyl (C=O) groups excluding carboxylic acids is 1. The number of nitrogens with zero attached hydrogens (tertiary/aromatic N) is 5. The maximum absolute atomic E-state index is 12.7. The quantitative estimate of drug-likeness (QED) is 0.723. The predicted molar refractivity (Wildman–Crippen MR) is 99.7 cm³/mol. The Labute approximate surface area is 164 Å². The second-order valence-corrected chi connectivity index (χ2v) is 6.88. The van der Waals surface area contributed by atoms with E-state index in [0.717, 1.165) is 31.4 Å². The van der Waals surface area contributed by atoms with Crippen LogP contribution in [0, 0.1) is 11.3 Å². The Bertz CT molecular complexity index is 1000. The minimum Gasteiger partial charge on any atom is -0.422 e. The highest BCUT2D eigenvalue weighted by atomic mass is 19.3. The first-order valence-corrected chi connectivity index (χ1v) is 9.09. The molecule has 1 aliphatic carbocycles. The Morgan fingerprint density at radius 2 is 2.24 bits per heavy atom. The van der Waals surface area contributed by atoms with Gasteiger partial charge in [0.05, 0.1) is 36.0 Å². The molecule has 0 bridgehead atoms. The van der Waals surface area contributed by atoms with E-state index in [4.69, 9.17) is 10.1 Å². The topological polar surface area (TPSA) is 110 Å². The van der Waals surface area contributed by atoms with Gasteiger partial charge in [-0.15, -0.1) is 0 Å². The van der Waals surface area contributed by atoms with E-state index in [1.54, 1.807) is 13.3 Å². The number of hydrogen-bond acceptors (Lipinski definition) is 6. The van der Waals surface area contributed by atoms with Crippen molar-refractivity contribution in [2.24, 2.45) is 10.9 Å². The van der Waals surface area contributed by atoms with Gasteiger partial charge in [-0.05, 0) is 38.0 Å². The fourth-order valence-corrected chi connectivity index (χ4v) is 3.09. The summed E-state index contributed by atoms with van der Waals surface area (Å²) in [4.78, 5) is 21.4. The van der Waals surface area contributed by atoms with Gasteiger partial charge in [-0.25, -0.2) is 14.7 Å². The van der Waals surface area contributed by atoms with Gasteiger partial charge in [0.25, 0.3) is 0 Å². The van der Waals surface area contributed by atoms with E-state index in [-0.39, 0.29) is 18.2 Å². The fraction of sp³-hybridized carbons (Fsp3) is 0.389. The Balaban J connectivity index is 1.66. The van der Waals surface area contributed by atoms with Gasteiger partial charge in [0.15, 0.2) is 5.75 Å². The molecule has 0 saturated heterocycles. The van der Waals surface area contributed by atoms with Crippen molar-refractivity contribution in [3.8, 4) is 5.75 Å². The van der Waals surface area contributed by atoms with Crippen molar-refractivity contribution >= 4 is 23.7 Å². The molecule has 0 spiro atoms. The van der Waals surface area contributed by atoms with Crippen molar-refractivity contribution in [3.05, 3.63) is 36.3 Å². The van der Waals surface area contributed by atoms with E-state index in [1.165, 1.54) is 0 Å². The summed E-state index contributed by atoms with van der Waals surface area (Å²) in [7, 11) is 0. The summed E-state index contributed by atoms with van der Waals surface area (Å²) in [6, 6.07) is 0.330. The van der Waals surface area contributed by atoms with Crippen molar-refractivity contribution < 1.29 is 18.3 Å². The molecule has 2 aromatic heterocycles. The fourth-order valence-electron chi connectivity index (χ4n) is 3.09. The summed E-state index contributed by atoms with van der Waals surface area (Å²) in [5.74, 6) is -1.05. The van der Waals surface area contributed by atoms with Crippen LogP contribution in [0.1, 0.15) is 44.5 Å². The molecule has 1 aliphatic heterocycles. The van der Waals surface area contributed by atoms with Crippen molar-refractivity contribution in [1.82, 2.24) is 24.6 Å². The van der Waals surface area contributed by atoms with E-state index >= 15 is 0 Å². The normalized spacial score (nSPS) is 21.0. The molecule has 2 aromatic rings. The highest BCUT2D eigenvalue weighted by Crippen LogP contribution is 2.36. The molecule has 0 aromatic carbocycles. The van der Waals surface area contributed by atoms with Crippen molar-refractivity contribution in [2.75, 3.05) is 0 Å². The summed E-state index contributed by atoms with van der Waals surface area (Å²) in [6.45, 7) is -0.994. The van der Waals surface area contributed by atoms with Gasteiger partial charge in [-0.3, -0.25) is 10.1 Å². The molecular formula is C18H19F2N7O2. The lowest BCUT2D eigenvalue weighted by atomic mass is 9.95. The highest BCUT2D eigenvalue weighted by Gasteiger charge is 2.32. The van der Waals surface area contributed by atoms with E-state index in [2.05, 4.69) is 20.4 Å². The zero-order valence-electron chi connectivity index (χ0n) is 15.5. The number of carbonyl (C=O) groups is 1. The summed E-state index contributed by atoms with van der Waals surface area (Å²) < 4.78 is 33.3. The van der Waals surface area contributed by atoms with Crippen LogP contribution in [0.3, 0.4) is 0 Å². The number of aliphatic imine (C=N–C) groups is 1. The standard InChI is InChI=1S/C18H19F2N7O2/c1-10(14-8-26(9-22-14)11-2-3-11)15-13(4-5-21)16(28)25-18(24-15)29-12-6-23-27(7-12)17(19)20/h5-9,11,13,17,21H,2-4H2,1H3,(H,24,25,28)/b15-10-,21-5?. The molecule has 11 heteroatoms. The Morgan fingerprint density at radius 1 is 1.45 bits per heavy atom. The number of imidazole rings is 1. The zero-order valence-corrected chi connectivity index (χ0v) is 15.5. The van der Waals surface area contributed by atoms with Crippen molar-refractivity contribution in [2.45, 2.75) is 38.8 Å². The van der Waals surface area contributed by atoms with Gasteiger partial charge in [-0.1, -0.05) is 0 Å². The predicted octanol–water partition coefficient (Wildman–Crippen LogP) is 2.76. The minimum absolute atomic E-state index is 0.0184. The molecule has 3 heterocycles. The number of aromatic nitrogens is 4. The maximum Gasteiger partial charge on any atom is 0.333 e. The van der Waals surface area contributed by atoms with Crippen molar-refractivity contribution in [1.29, 1.82) is 5.41 Å². The number of rotatable bonds is 6. The number of halogens is 2. The molecule has 1 atom stereocenters. The number of ether oxygens (including phenoxy) is 1.